The van der Waals surface area contributed by atoms with Gasteiger partial charge in [-0.1, -0.05) is 31.5 Å². The Morgan fingerprint density at radius 1 is 1.15 bits per heavy atom. The highest BCUT2D eigenvalue weighted by atomic mass is 16.4. The van der Waals surface area contributed by atoms with Crippen molar-refractivity contribution in [3.63, 3.8) is 0 Å². The third kappa shape index (κ3) is 3.48. The van der Waals surface area contributed by atoms with Crippen LogP contribution in [0.15, 0.2) is 33.9 Å². The standard InChI is InChI=1S/C19H23N3O4/c1-2-13-8-4-5-9-15(13)22-17(23)14(12-21-10-6-3-7-11-21)16(18(24)25)20-19(22)26/h4-5,8-9H,2-3,6-7,10-12H2,1H3,(H,20,26)(H,24,25). The molecular formula is C19H23N3O4. The molecule has 3 rings (SSSR count). The summed E-state index contributed by atoms with van der Waals surface area (Å²) < 4.78 is 1.06. The highest BCUT2D eigenvalue weighted by molar-refractivity contribution is 5.86. The third-order valence-corrected chi connectivity index (χ3v) is 4.86. The molecule has 7 heteroatoms. The Labute approximate surface area is 150 Å². The smallest absolute Gasteiger partial charge is 0.352 e. The minimum absolute atomic E-state index is 0.130. The van der Waals surface area contributed by atoms with Gasteiger partial charge < -0.3 is 10.1 Å². The Morgan fingerprint density at radius 2 is 1.85 bits per heavy atom. The Bertz CT molecular complexity index is 923. The van der Waals surface area contributed by atoms with Crippen LogP contribution in [0.1, 0.15) is 47.8 Å². The minimum atomic E-state index is -1.29. The number of likely N-dealkylation sites (tertiary alicyclic amines) is 1. The van der Waals surface area contributed by atoms with Crippen LogP contribution in [0.3, 0.4) is 0 Å². The number of carboxylic acids is 1. The highest BCUT2D eigenvalue weighted by Gasteiger charge is 2.23. The normalized spacial score (nSPS) is 15.1. The quantitative estimate of drug-likeness (QED) is 0.850. The molecule has 1 aromatic heterocycles. The van der Waals surface area contributed by atoms with Crippen molar-refractivity contribution in [2.45, 2.75) is 39.2 Å². The van der Waals surface area contributed by atoms with E-state index in [9.17, 15) is 19.5 Å². The van der Waals surface area contributed by atoms with E-state index in [2.05, 4.69) is 9.88 Å². The molecule has 0 unspecified atom stereocenters. The van der Waals surface area contributed by atoms with Gasteiger partial charge in [0.15, 0.2) is 0 Å². The van der Waals surface area contributed by atoms with Crippen molar-refractivity contribution in [3.05, 3.63) is 61.9 Å². The van der Waals surface area contributed by atoms with Gasteiger partial charge in [0.05, 0.1) is 11.3 Å². The number of hydrogen-bond acceptors (Lipinski definition) is 4. The second-order valence-electron chi connectivity index (χ2n) is 6.55. The van der Waals surface area contributed by atoms with Crippen LogP contribution in [0.4, 0.5) is 0 Å². The molecule has 7 nitrogen and oxygen atoms in total. The molecular weight excluding hydrogens is 334 g/mol. The number of hydrogen-bond donors (Lipinski definition) is 2. The van der Waals surface area contributed by atoms with E-state index in [1.165, 1.54) is 0 Å². The summed E-state index contributed by atoms with van der Waals surface area (Å²) in [5, 5.41) is 9.47. The van der Waals surface area contributed by atoms with Crippen molar-refractivity contribution in [2.75, 3.05) is 13.1 Å². The topological polar surface area (TPSA) is 95.4 Å². The largest absolute Gasteiger partial charge is 0.477 e. The summed E-state index contributed by atoms with van der Waals surface area (Å²) in [6.07, 6.45) is 3.85. The lowest BCUT2D eigenvalue weighted by Gasteiger charge is -2.26. The van der Waals surface area contributed by atoms with Gasteiger partial charge in [0.2, 0.25) is 0 Å². The third-order valence-electron chi connectivity index (χ3n) is 4.86. The van der Waals surface area contributed by atoms with Gasteiger partial charge in [-0.05, 0) is 44.0 Å². The first-order valence-electron chi connectivity index (χ1n) is 8.95. The molecule has 0 aliphatic carbocycles. The molecule has 0 bridgehead atoms. The molecule has 1 fully saturated rings. The lowest BCUT2D eigenvalue weighted by atomic mass is 10.1. The summed E-state index contributed by atoms with van der Waals surface area (Å²) >= 11 is 0. The van der Waals surface area contributed by atoms with Crippen molar-refractivity contribution in [1.82, 2.24) is 14.5 Å². The van der Waals surface area contributed by atoms with Crippen molar-refractivity contribution in [3.8, 4) is 5.69 Å². The summed E-state index contributed by atoms with van der Waals surface area (Å²) in [6, 6.07) is 7.18. The molecule has 1 aliphatic heterocycles. The number of rotatable bonds is 5. The molecule has 1 aromatic carbocycles. The van der Waals surface area contributed by atoms with E-state index < -0.39 is 17.2 Å². The van der Waals surface area contributed by atoms with E-state index in [0.717, 1.165) is 42.5 Å². The number of aromatic carboxylic acids is 1. The zero-order valence-electron chi connectivity index (χ0n) is 14.8. The van der Waals surface area contributed by atoms with Crippen molar-refractivity contribution in [2.24, 2.45) is 0 Å². The van der Waals surface area contributed by atoms with Crippen molar-refractivity contribution < 1.29 is 9.90 Å². The van der Waals surface area contributed by atoms with Gasteiger partial charge in [-0.15, -0.1) is 0 Å². The maximum absolute atomic E-state index is 13.1. The fourth-order valence-electron chi connectivity index (χ4n) is 3.49. The van der Waals surface area contributed by atoms with E-state index in [1.807, 2.05) is 19.1 Å². The van der Waals surface area contributed by atoms with Crippen LogP contribution in [0.5, 0.6) is 0 Å². The van der Waals surface area contributed by atoms with Crippen LogP contribution >= 0.6 is 0 Å². The molecule has 26 heavy (non-hydrogen) atoms. The van der Waals surface area contributed by atoms with Crippen LogP contribution in [0, 0.1) is 0 Å². The predicted molar refractivity (Wildman–Crippen MR) is 98.1 cm³/mol. The van der Waals surface area contributed by atoms with E-state index in [-0.39, 0.29) is 17.8 Å². The summed E-state index contributed by atoms with van der Waals surface area (Å²) in [4.78, 5) is 41.7. The number of nitrogens with one attached hydrogen (secondary N) is 1. The van der Waals surface area contributed by atoms with Gasteiger partial charge in [-0.2, -0.15) is 0 Å². The van der Waals surface area contributed by atoms with Crippen LogP contribution in [0.25, 0.3) is 5.69 Å². The van der Waals surface area contributed by atoms with Gasteiger partial charge in [-0.25, -0.2) is 14.2 Å². The number of para-hydroxylation sites is 1. The van der Waals surface area contributed by atoms with Crippen LogP contribution < -0.4 is 11.2 Å². The monoisotopic (exact) mass is 357 g/mol. The number of H-pyrrole nitrogens is 1. The molecule has 0 atom stereocenters. The molecule has 1 aliphatic rings. The number of carboxylic acid groups (broad SMARTS) is 1. The number of benzene rings is 1. The van der Waals surface area contributed by atoms with E-state index in [4.69, 9.17) is 0 Å². The van der Waals surface area contributed by atoms with Gasteiger partial charge in [0.25, 0.3) is 5.56 Å². The predicted octanol–water partition coefficient (Wildman–Crippen LogP) is 1.77. The summed E-state index contributed by atoms with van der Waals surface area (Å²) in [5.74, 6) is -1.29. The Balaban J connectivity index is 2.17. The molecule has 2 heterocycles. The van der Waals surface area contributed by atoms with E-state index >= 15 is 0 Å². The van der Waals surface area contributed by atoms with Crippen molar-refractivity contribution >= 4 is 5.97 Å². The fraction of sp³-hybridized carbons (Fsp3) is 0.421. The number of aromatic nitrogens is 2. The first-order chi connectivity index (χ1) is 12.5. The van der Waals surface area contributed by atoms with Crippen molar-refractivity contribution in [1.29, 1.82) is 0 Å². The molecule has 1 saturated heterocycles. The lowest BCUT2D eigenvalue weighted by Crippen LogP contribution is -2.41. The molecule has 138 valence electrons. The minimum Gasteiger partial charge on any atom is -0.477 e. The Hall–Kier alpha value is -2.67. The number of aryl methyl sites for hydroxylation is 1. The average Bonchev–Trinajstić information content (AvgIpc) is 2.65. The van der Waals surface area contributed by atoms with Gasteiger partial charge in [-0.3, -0.25) is 9.69 Å². The maximum atomic E-state index is 13.1. The molecule has 0 spiro atoms. The molecule has 0 amide bonds. The van der Waals surface area contributed by atoms with Gasteiger partial charge >= 0.3 is 11.7 Å². The Morgan fingerprint density at radius 3 is 2.50 bits per heavy atom. The van der Waals surface area contributed by atoms with Crippen LogP contribution in [0.2, 0.25) is 0 Å². The number of aromatic amines is 1. The summed E-state index contributed by atoms with van der Waals surface area (Å²) in [7, 11) is 0. The molecule has 2 N–H and O–H groups in total. The zero-order chi connectivity index (χ0) is 18.7. The molecule has 0 saturated carbocycles. The van der Waals surface area contributed by atoms with Crippen LogP contribution in [-0.4, -0.2) is 38.6 Å². The average molecular weight is 357 g/mol. The van der Waals surface area contributed by atoms with Crippen LogP contribution in [-0.2, 0) is 13.0 Å². The summed E-state index contributed by atoms with van der Waals surface area (Å²) in [6.45, 7) is 3.82. The lowest BCUT2D eigenvalue weighted by molar-refractivity contribution is 0.0686. The SMILES string of the molecule is CCc1ccccc1-n1c(=O)[nH]c(C(=O)O)c(CN2CCCCC2)c1=O. The van der Waals surface area contributed by atoms with E-state index in [0.29, 0.717) is 12.1 Å². The molecule has 0 radical (unpaired) electrons. The highest BCUT2D eigenvalue weighted by Crippen LogP contribution is 2.15. The second-order valence-corrected chi connectivity index (χ2v) is 6.55. The number of piperidine rings is 1. The molecule has 2 aromatic rings. The first kappa shape index (κ1) is 18.1. The van der Waals surface area contributed by atoms with Gasteiger partial charge in [0, 0.05) is 6.54 Å². The second kappa shape index (κ2) is 7.70. The Kier molecular flexibility index (Phi) is 5.37. The summed E-state index contributed by atoms with van der Waals surface area (Å²) in [5.41, 5.74) is -0.112. The maximum Gasteiger partial charge on any atom is 0.352 e. The fourth-order valence-corrected chi connectivity index (χ4v) is 3.49. The zero-order valence-corrected chi connectivity index (χ0v) is 14.8. The first-order valence-corrected chi connectivity index (χ1v) is 8.95. The van der Waals surface area contributed by atoms with E-state index in [1.54, 1.807) is 12.1 Å². The number of carbonyl (C=O) groups is 1. The number of nitrogens with zero attached hydrogens (tertiary/aromatic N) is 2. The van der Waals surface area contributed by atoms with Gasteiger partial charge in [0.1, 0.15) is 5.69 Å².